The van der Waals surface area contributed by atoms with Crippen LogP contribution in [0, 0.1) is 0 Å². The summed E-state index contributed by atoms with van der Waals surface area (Å²) < 4.78 is 1.91. The Morgan fingerprint density at radius 1 is 1.16 bits per heavy atom. The van der Waals surface area contributed by atoms with Gasteiger partial charge in [0, 0.05) is 17.6 Å². The maximum absolute atomic E-state index is 4.30. The molecule has 0 atom stereocenters. The fraction of sp³-hybridized carbons (Fsp3) is 0.214. The van der Waals surface area contributed by atoms with Gasteiger partial charge in [-0.05, 0) is 26.0 Å². The molecule has 0 aliphatic rings. The maximum atomic E-state index is 4.30. The van der Waals surface area contributed by atoms with Crippen LogP contribution in [0.25, 0.3) is 10.9 Å². The van der Waals surface area contributed by atoms with Crippen molar-refractivity contribution in [1.29, 1.82) is 0 Å². The van der Waals surface area contributed by atoms with Crippen molar-refractivity contribution in [2.24, 2.45) is 0 Å². The zero-order valence-electron chi connectivity index (χ0n) is 10.9. The lowest BCUT2D eigenvalue weighted by Gasteiger charge is -2.06. The molecule has 0 aliphatic carbocycles. The van der Waals surface area contributed by atoms with Gasteiger partial charge in [0.25, 0.3) is 0 Å². The van der Waals surface area contributed by atoms with Crippen molar-refractivity contribution < 1.29 is 0 Å². The first-order chi connectivity index (χ1) is 9.24. The molecule has 0 bridgehead atoms. The third kappa shape index (κ3) is 2.27. The summed E-state index contributed by atoms with van der Waals surface area (Å²) in [5.41, 5.74) is 1.86. The molecule has 0 fully saturated rings. The molecule has 5 heteroatoms. The number of hydrogen-bond donors (Lipinski definition) is 1. The SMILES string of the molecule is CC(C)n1cc(Nc2ncnc3ccccc23)cn1. The Labute approximate surface area is 111 Å². The summed E-state index contributed by atoms with van der Waals surface area (Å²) in [6.45, 7) is 4.19. The van der Waals surface area contributed by atoms with Gasteiger partial charge in [-0.15, -0.1) is 0 Å². The van der Waals surface area contributed by atoms with Crippen molar-refractivity contribution in [3.8, 4) is 0 Å². The second-order valence-corrected chi connectivity index (χ2v) is 4.67. The molecular weight excluding hydrogens is 238 g/mol. The minimum Gasteiger partial charge on any atom is -0.337 e. The van der Waals surface area contributed by atoms with Crippen LogP contribution in [0.4, 0.5) is 11.5 Å². The molecule has 3 rings (SSSR count). The second kappa shape index (κ2) is 4.68. The first-order valence-corrected chi connectivity index (χ1v) is 6.25. The zero-order valence-corrected chi connectivity index (χ0v) is 10.9. The van der Waals surface area contributed by atoms with Crippen molar-refractivity contribution in [3.63, 3.8) is 0 Å². The van der Waals surface area contributed by atoms with E-state index in [1.165, 1.54) is 0 Å². The fourth-order valence-corrected chi connectivity index (χ4v) is 1.93. The minimum absolute atomic E-state index is 0.345. The van der Waals surface area contributed by atoms with E-state index < -0.39 is 0 Å². The number of aromatic nitrogens is 4. The molecule has 2 aromatic heterocycles. The Morgan fingerprint density at radius 2 is 2.00 bits per heavy atom. The quantitative estimate of drug-likeness (QED) is 0.779. The van der Waals surface area contributed by atoms with Crippen LogP contribution in [0.2, 0.25) is 0 Å². The lowest BCUT2D eigenvalue weighted by atomic mass is 10.2. The van der Waals surface area contributed by atoms with E-state index in [-0.39, 0.29) is 0 Å². The maximum Gasteiger partial charge on any atom is 0.141 e. The van der Waals surface area contributed by atoms with Crippen LogP contribution >= 0.6 is 0 Å². The van der Waals surface area contributed by atoms with Gasteiger partial charge in [0.1, 0.15) is 12.1 Å². The standard InChI is InChI=1S/C14H15N5/c1-10(2)19-8-11(7-17-19)18-14-12-5-3-4-6-13(12)15-9-16-14/h3-10H,1-2H3,(H,15,16,18). The molecule has 0 saturated carbocycles. The monoisotopic (exact) mass is 253 g/mol. The molecule has 96 valence electrons. The van der Waals surface area contributed by atoms with Crippen molar-refractivity contribution >= 4 is 22.4 Å². The molecule has 0 aliphatic heterocycles. The van der Waals surface area contributed by atoms with Gasteiger partial charge < -0.3 is 5.32 Å². The number of nitrogens with zero attached hydrogens (tertiary/aromatic N) is 4. The van der Waals surface area contributed by atoms with Gasteiger partial charge in [-0.2, -0.15) is 5.10 Å². The molecule has 0 amide bonds. The third-order valence-corrected chi connectivity index (χ3v) is 2.94. The summed E-state index contributed by atoms with van der Waals surface area (Å²) in [6, 6.07) is 8.27. The summed E-state index contributed by atoms with van der Waals surface area (Å²) in [6.07, 6.45) is 5.34. The molecular formula is C14H15N5. The van der Waals surface area contributed by atoms with Gasteiger partial charge >= 0.3 is 0 Å². The van der Waals surface area contributed by atoms with Gasteiger partial charge in [0.2, 0.25) is 0 Å². The minimum atomic E-state index is 0.345. The first-order valence-electron chi connectivity index (χ1n) is 6.25. The topological polar surface area (TPSA) is 55.6 Å². The molecule has 2 heterocycles. The predicted octanol–water partition coefficient (Wildman–Crippen LogP) is 3.15. The number of nitrogens with one attached hydrogen (secondary N) is 1. The number of fused-ring (bicyclic) bond motifs is 1. The fourth-order valence-electron chi connectivity index (χ4n) is 1.93. The predicted molar refractivity (Wildman–Crippen MR) is 75.4 cm³/mol. The number of rotatable bonds is 3. The molecule has 0 saturated heterocycles. The van der Waals surface area contributed by atoms with Crippen molar-refractivity contribution in [1.82, 2.24) is 19.7 Å². The molecule has 3 aromatic rings. The Balaban J connectivity index is 1.96. The summed E-state index contributed by atoms with van der Waals surface area (Å²) in [7, 11) is 0. The Bertz CT molecular complexity index is 696. The van der Waals surface area contributed by atoms with E-state index in [2.05, 4.69) is 34.2 Å². The smallest absolute Gasteiger partial charge is 0.141 e. The van der Waals surface area contributed by atoms with Crippen LogP contribution in [-0.4, -0.2) is 19.7 Å². The van der Waals surface area contributed by atoms with Gasteiger partial charge in [0.05, 0.1) is 17.4 Å². The van der Waals surface area contributed by atoms with Crippen LogP contribution in [0.1, 0.15) is 19.9 Å². The Morgan fingerprint density at radius 3 is 2.79 bits per heavy atom. The summed E-state index contributed by atoms with van der Waals surface area (Å²) in [5, 5.41) is 8.59. The van der Waals surface area contributed by atoms with Crippen LogP contribution in [0.15, 0.2) is 43.0 Å². The lowest BCUT2D eigenvalue weighted by molar-refractivity contribution is 0.532. The Kier molecular flexibility index (Phi) is 2.87. The van der Waals surface area contributed by atoms with E-state index >= 15 is 0 Å². The van der Waals surface area contributed by atoms with Crippen LogP contribution in [-0.2, 0) is 0 Å². The highest BCUT2D eigenvalue weighted by Gasteiger charge is 2.06. The second-order valence-electron chi connectivity index (χ2n) is 4.67. The van der Waals surface area contributed by atoms with E-state index in [0.29, 0.717) is 6.04 Å². The molecule has 1 aromatic carbocycles. The van der Waals surface area contributed by atoms with E-state index in [0.717, 1.165) is 22.4 Å². The highest BCUT2D eigenvalue weighted by Crippen LogP contribution is 2.22. The molecule has 0 radical (unpaired) electrons. The van der Waals surface area contributed by atoms with Gasteiger partial charge in [-0.3, -0.25) is 4.68 Å². The van der Waals surface area contributed by atoms with Gasteiger partial charge in [-0.1, -0.05) is 12.1 Å². The van der Waals surface area contributed by atoms with Gasteiger partial charge in [-0.25, -0.2) is 9.97 Å². The van der Waals surface area contributed by atoms with Crippen molar-refractivity contribution in [2.45, 2.75) is 19.9 Å². The third-order valence-electron chi connectivity index (χ3n) is 2.94. The highest BCUT2D eigenvalue weighted by molar-refractivity contribution is 5.90. The number of anilines is 2. The van der Waals surface area contributed by atoms with Crippen molar-refractivity contribution in [2.75, 3.05) is 5.32 Å². The summed E-state index contributed by atoms with van der Waals surface area (Å²) in [5.74, 6) is 0.800. The summed E-state index contributed by atoms with van der Waals surface area (Å²) >= 11 is 0. The molecule has 0 spiro atoms. The van der Waals surface area contributed by atoms with E-state index in [9.17, 15) is 0 Å². The lowest BCUT2D eigenvalue weighted by Crippen LogP contribution is -2.00. The van der Waals surface area contributed by atoms with E-state index in [4.69, 9.17) is 0 Å². The average Bonchev–Trinajstić information content (AvgIpc) is 2.88. The zero-order chi connectivity index (χ0) is 13.2. The Hall–Kier alpha value is -2.43. The largest absolute Gasteiger partial charge is 0.337 e. The average molecular weight is 253 g/mol. The van der Waals surface area contributed by atoms with E-state index in [1.54, 1.807) is 12.5 Å². The van der Waals surface area contributed by atoms with Crippen molar-refractivity contribution in [3.05, 3.63) is 43.0 Å². The molecule has 5 nitrogen and oxygen atoms in total. The van der Waals surface area contributed by atoms with Crippen LogP contribution < -0.4 is 5.32 Å². The molecule has 19 heavy (non-hydrogen) atoms. The number of para-hydroxylation sites is 1. The van der Waals surface area contributed by atoms with Crippen LogP contribution in [0.5, 0.6) is 0 Å². The molecule has 0 unspecified atom stereocenters. The first kappa shape index (κ1) is 11.6. The number of hydrogen-bond acceptors (Lipinski definition) is 4. The van der Waals surface area contributed by atoms with E-state index in [1.807, 2.05) is 35.1 Å². The number of benzene rings is 1. The van der Waals surface area contributed by atoms with Crippen LogP contribution in [0.3, 0.4) is 0 Å². The molecule has 1 N–H and O–H groups in total. The normalized spacial score (nSPS) is 11.1. The van der Waals surface area contributed by atoms with Gasteiger partial charge in [0.15, 0.2) is 0 Å². The highest BCUT2D eigenvalue weighted by atomic mass is 15.3. The summed E-state index contributed by atoms with van der Waals surface area (Å²) in [4.78, 5) is 8.54.